The highest BCUT2D eigenvalue weighted by Crippen LogP contribution is 2.17. The Morgan fingerprint density at radius 2 is 2.18 bits per heavy atom. The van der Waals surface area contributed by atoms with E-state index in [-0.39, 0.29) is 16.2 Å². The summed E-state index contributed by atoms with van der Waals surface area (Å²) in [4.78, 5) is 15.5. The van der Waals surface area contributed by atoms with Gasteiger partial charge < -0.3 is 9.47 Å². The fourth-order valence-electron chi connectivity index (χ4n) is 1.57. The maximum absolute atomic E-state index is 11.7. The molecule has 17 heavy (non-hydrogen) atoms. The highest BCUT2D eigenvalue weighted by molar-refractivity contribution is 6.32. The number of aromatic nitrogens is 1. The fourth-order valence-corrected chi connectivity index (χ4v) is 2.03. The van der Waals surface area contributed by atoms with Crippen LogP contribution in [0.1, 0.15) is 16.8 Å². The summed E-state index contributed by atoms with van der Waals surface area (Å²) in [6.07, 6.45) is 0.922. The van der Waals surface area contributed by atoms with E-state index < -0.39 is 5.97 Å². The Morgan fingerprint density at radius 1 is 1.47 bits per heavy atom. The van der Waals surface area contributed by atoms with Gasteiger partial charge in [-0.3, -0.25) is 0 Å². The zero-order valence-corrected chi connectivity index (χ0v) is 10.5. The average molecular weight is 276 g/mol. The predicted octanol–water partition coefficient (Wildman–Crippen LogP) is 2.58. The molecule has 0 aromatic carbocycles. The standard InChI is InChI=1S/C11H11Cl2NO3/c12-9-3-8(4-10(13)14-9)11(15)17-6-7-1-2-16-5-7/h3-4,7H,1-2,5-6H2. The second-order valence-corrected chi connectivity index (χ2v) is 4.60. The van der Waals surface area contributed by atoms with Crippen molar-refractivity contribution in [2.45, 2.75) is 6.42 Å². The van der Waals surface area contributed by atoms with Crippen LogP contribution in [-0.2, 0) is 9.47 Å². The quantitative estimate of drug-likeness (QED) is 0.629. The molecule has 1 aliphatic rings. The van der Waals surface area contributed by atoms with E-state index in [2.05, 4.69) is 4.98 Å². The van der Waals surface area contributed by atoms with Crippen molar-refractivity contribution in [1.82, 2.24) is 4.98 Å². The van der Waals surface area contributed by atoms with Gasteiger partial charge in [0.2, 0.25) is 0 Å². The van der Waals surface area contributed by atoms with Crippen molar-refractivity contribution < 1.29 is 14.3 Å². The summed E-state index contributed by atoms with van der Waals surface area (Å²) >= 11 is 11.4. The molecule has 1 aliphatic heterocycles. The number of rotatable bonds is 3. The van der Waals surface area contributed by atoms with Crippen LogP contribution in [0.25, 0.3) is 0 Å². The Balaban J connectivity index is 1.94. The molecular formula is C11H11Cl2NO3. The molecule has 92 valence electrons. The molecule has 1 aromatic heterocycles. The van der Waals surface area contributed by atoms with Gasteiger partial charge in [0.15, 0.2) is 0 Å². The van der Waals surface area contributed by atoms with E-state index in [0.29, 0.717) is 18.8 Å². The lowest BCUT2D eigenvalue weighted by Gasteiger charge is -2.09. The van der Waals surface area contributed by atoms with E-state index in [1.54, 1.807) is 0 Å². The molecule has 1 unspecified atom stereocenters. The monoisotopic (exact) mass is 275 g/mol. The summed E-state index contributed by atoms with van der Waals surface area (Å²) in [7, 11) is 0. The summed E-state index contributed by atoms with van der Waals surface area (Å²) in [6, 6.07) is 2.86. The lowest BCUT2D eigenvalue weighted by atomic mass is 10.1. The molecule has 1 saturated heterocycles. The molecule has 1 fully saturated rings. The molecule has 0 aliphatic carbocycles. The van der Waals surface area contributed by atoms with Crippen LogP contribution in [0.5, 0.6) is 0 Å². The first-order valence-electron chi connectivity index (χ1n) is 5.23. The Bertz CT molecular complexity index is 399. The van der Waals surface area contributed by atoms with E-state index >= 15 is 0 Å². The highest BCUT2D eigenvalue weighted by atomic mass is 35.5. The summed E-state index contributed by atoms with van der Waals surface area (Å²) < 4.78 is 10.3. The topological polar surface area (TPSA) is 48.4 Å². The number of carbonyl (C=O) groups excluding carboxylic acids is 1. The van der Waals surface area contributed by atoms with Gasteiger partial charge in [0.25, 0.3) is 0 Å². The van der Waals surface area contributed by atoms with Gasteiger partial charge in [-0.2, -0.15) is 0 Å². The first-order valence-corrected chi connectivity index (χ1v) is 5.98. The van der Waals surface area contributed by atoms with E-state index in [9.17, 15) is 4.79 Å². The molecule has 0 N–H and O–H groups in total. The molecule has 2 rings (SSSR count). The Morgan fingerprint density at radius 3 is 2.76 bits per heavy atom. The van der Waals surface area contributed by atoms with Crippen molar-refractivity contribution >= 4 is 29.2 Å². The number of carbonyl (C=O) groups is 1. The third kappa shape index (κ3) is 3.56. The molecule has 0 spiro atoms. The second-order valence-electron chi connectivity index (χ2n) is 3.83. The minimum atomic E-state index is -0.442. The van der Waals surface area contributed by atoms with E-state index in [1.807, 2.05) is 0 Å². The van der Waals surface area contributed by atoms with Crippen LogP contribution < -0.4 is 0 Å². The minimum absolute atomic E-state index is 0.175. The molecule has 4 nitrogen and oxygen atoms in total. The first-order chi connectivity index (χ1) is 8.15. The third-order valence-corrected chi connectivity index (χ3v) is 2.86. The van der Waals surface area contributed by atoms with Crippen LogP contribution >= 0.6 is 23.2 Å². The van der Waals surface area contributed by atoms with Gasteiger partial charge in [0, 0.05) is 12.5 Å². The Labute approximate surface area is 109 Å². The predicted molar refractivity (Wildman–Crippen MR) is 63.5 cm³/mol. The SMILES string of the molecule is O=C(OCC1CCOC1)c1cc(Cl)nc(Cl)c1. The lowest BCUT2D eigenvalue weighted by Crippen LogP contribution is -2.14. The number of nitrogens with zero attached hydrogens (tertiary/aromatic N) is 1. The molecule has 0 radical (unpaired) electrons. The van der Waals surface area contributed by atoms with E-state index in [1.165, 1.54) is 12.1 Å². The molecule has 0 amide bonds. The third-order valence-electron chi connectivity index (χ3n) is 2.47. The van der Waals surface area contributed by atoms with Gasteiger partial charge in [0.05, 0.1) is 18.8 Å². The molecule has 1 atom stereocenters. The van der Waals surface area contributed by atoms with Crippen molar-refractivity contribution in [3.05, 3.63) is 28.0 Å². The molecule has 1 aromatic rings. The number of hydrogen-bond donors (Lipinski definition) is 0. The van der Waals surface area contributed by atoms with Crippen LogP contribution in [0.3, 0.4) is 0 Å². The largest absolute Gasteiger partial charge is 0.462 e. The van der Waals surface area contributed by atoms with Crippen molar-refractivity contribution in [1.29, 1.82) is 0 Å². The van der Waals surface area contributed by atoms with Crippen molar-refractivity contribution in [3.8, 4) is 0 Å². The zero-order chi connectivity index (χ0) is 12.3. The molecule has 2 heterocycles. The molecule has 0 bridgehead atoms. The first kappa shape index (κ1) is 12.6. The fraction of sp³-hybridized carbons (Fsp3) is 0.455. The smallest absolute Gasteiger partial charge is 0.338 e. The number of hydrogen-bond acceptors (Lipinski definition) is 4. The van der Waals surface area contributed by atoms with Crippen LogP contribution in [0, 0.1) is 5.92 Å². The summed E-state index contributed by atoms with van der Waals surface area (Å²) in [5.74, 6) is -0.158. The van der Waals surface area contributed by atoms with Crippen molar-refractivity contribution in [2.75, 3.05) is 19.8 Å². The van der Waals surface area contributed by atoms with Crippen molar-refractivity contribution in [2.24, 2.45) is 5.92 Å². The number of pyridine rings is 1. The molecule has 0 saturated carbocycles. The van der Waals surface area contributed by atoms with E-state index in [0.717, 1.165) is 13.0 Å². The van der Waals surface area contributed by atoms with Crippen LogP contribution in [0.2, 0.25) is 10.3 Å². The Kier molecular flexibility index (Phi) is 4.20. The van der Waals surface area contributed by atoms with Gasteiger partial charge in [-0.15, -0.1) is 0 Å². The summed E-state index contributed by atoms with van der Waals surface area (Å²) in [6.45, 7) is 1.73. The maximum atomic E-state index is 11.7. The number of esters is 1. The minimum Gasteiger partial charge on any atom is -0.462 e. The van der Waals surface area contributed by atoms with Gasteiger partial charge in [0.1, 0.15) is 10.3 Å². The van der Waals surface area contributed by atoms with Gasteiger partial charge in [-0.05, 0) is 18.6 Å². The zero-order valence-electron chi connectivity index (χ0n) is 8.99. The van der Waals surface area contributed by atoms with Crippen LogP contribution in [0.4, 0.5) is 0 Å². The lowest BCUT2D eigenvalue weighted by molar-refractivity contribution is 0.0428. The van der Waals surface area contributed by atoms with Gasteiger partial charge in [-0.1, -0.05) is 23.2 Å². The maximum Gasteiger partial charge on any atom is 0.338 e. The number of ether oxygens (including phenoxy) is 2. The average Bonchev–Trinajstić information content (AvgIpc) is 2.77. The van der Waals surface area contributed by atoms with Crippen LogP contribution in [0.15, 0.2) is 12.1 Å². The second kappa shape index (κ2) is 5.67. The van der Waals surface area contributed by atoms with Crippen molar-refractivity contribution in [3.63, 3.8) is 0 Å². The van der Waals surface area contributed by atoms with Gasteiger partial charge in [-0.25, -0.2) is 9.78 Å². The number of halogens is 2. The highest BCUT2D eigenvalue weighted by Gasteiger charge is 2.18. The molecular weight excluding hydrogens is 265 g/mol. The van der Waals surface area contributed by atoms with E-state index in [4.69, 9.17) is 32.7 Å². The van der Waals surface area contributed by atoms with Gasteiger partial charge >= 0.3 is 5.97 Å². The summed E-state index contributed by atoms with van der Waals surface area (Å²) in [5, 5.41) is 0.349. The summed E-state index contributed by atoms with van der Waals surface area (Å²) in [5.41, 5.74) is 0.314. The molecule has 6 heteroatoms. The normalized spacial score (nSPS) is 19.3. The Hall–Kier alpha value is -0.840. The van der Waals surface area contributed by atoms with Crippen LogP contribution in [-0.4, -0.2) is 30.8 Å².